The molecule has 0 aromatic carbocycles. The first kappa shape index (κ1) is 47.1. The van der Waals surface area contributed by atoms with E-state index in [4.69, 9.17) is 18.9 Å². The van der Waals surface area contributed by atoms with Gasteiger partial charge in [0, 0.05) is 12.4 Å². The van der Waals surface area contributed by atoms with Crippen LogP contribution in [0, 0.1) is 0 Å². The second kappa shape index (κ2) is 37.3. The van der Waals surface area contributed by atoms with Crippen molar-refractivity contribution in [3.05, 3.63) is 12.2 Å². The largest absolute Gasteiger partial charge is 0.472 e. The highest BCUT2D eigenvalue weighted by atomic mass is 32.2. The van der Waals surface area contributed by atoms with Gasteiger partial charge in [-0.25, -0.2) is 4.57 Å². The Kier molecular flexibility index (Phi) is 37.4. The number of phosphoric ester groups is 1. The molecule has 3 N–H and O–H groups in total. The van der Waals surface area contributed by atoms with Crippen LogP contribution in [0.1, 0.15) is 181 Å². The van der Waals surface area contributed by atoms with E-state index in [2.05, 4.69) is 26.0 Å². The smallest absolute Gasteiger partial charge is 0.394 e. The molecule has 0 aromatic rings. The number of ether oxygens (including phenoxy) is 1. The fourth-order valence-corrected chi connectivity index (χ4v) is 7.27. The Morgan fingerprint density at radius 2 is 1.04 bits per heavy atom. The highest BCUT2D eigenvalue weighted by Gasteiger charge is 2.25. The molecule has 0 spiro atoms. The predicted molar refractivity (Wildman–Crippen MR) is 202 cm³/mol. The van der Waals surface area contributed by atoms with Gasteiger partial charge >= 0.3 is 7.82 Å². The van der Waals surface area contributed by atoms with Gasteiger partial charge in [0.15, 0.2) is 0 Å². The number of aliphatic hydroxyl groups excluding tert-OH is 2. The average Bonchev–Trinajstić information content (AvgIpc) is 3.07. The predicted octanol–water partition coefficient (Wildman–Crippen LogP) is 11.3. The van der Waals surface area contributed by atoms with Gasteiger partial charge < -0.3 is 19.8 Å². The number of thioether (sulfide) groups is 1. The lowest BCUT2D eigenvalue weighted by Crippen LogP contribution is -2.24. The first-order chi connectivity index (χ1) is 22.9. The van der Waals surface area contributed by atoms with E-state index in [0.717, 1.165) is 18.6 Å². The summed E-state index contributed by atoms with van der Waals surface area (Å²) in [6.45, 7) is 4.09. The number of allylic oxidation sites excluding steroid dienone is 2. The molecule has 3 atom stereocenters. The Morgan fingerprint density at radius 1 is 0.617 bits per heavy atom. The Morgan fingerprint density at radius 3 is 1.55 bits per heavy atom. The zero-order valence-corrected chi connectivity index (χ0v) is 32.5. The molecule has 0 aliphatic rings. The van der Waals surface area contributed by atoms with E-state index in [0.29, 0.717) is 12.4 Å². The van der Waals surface area contributed by atoms with Crippen LogP contribution in [0.25, 0.3) is 0 Å². The zero-order valence-electron chi connectivity index (χ0n) is 30.8. The van der Waals surface area contributed by atoms with E-state index < -0.39 is 27.1 Å². The van der Waals surface area contributed by atoms with Crippen molar-refractivity contribution in [3.8, 4) is 0 Å². The van der Waals surface area contributed by atoms with E-state index in [1.807, 2.05) is 11.8 Å². The Hall–Kier alpha value is 0.0800. The first-order valence-electron chi connectivity index (χ1n) is 19.7. The molecule has 282 valence electrons. The third-order valence-electron chi connectivity index (χ3n) is 8.52. The van der Waals surface area contributed by atoms with Gasteiger partial charge in [-0.3, -0.25) is 9.05 Å². The lowest BCUT2D eigenvalue weighted by atomic mass is 10.0. The monoisotopic (exact) mass is 709 g/mol. The van der Waals surface area contributed by atoms with Gasteiger partial charge in [0.25, 0.3) is 0 Å². The molecule has 0 aliphatic carbocycles. The molecular weight excluding hydrogens is 631 g/mol. The minimum Gasteiger partial charge on any atom is -0.394 e. The van der Waals surface area contributed by atoms with Gasteiger partial charge in [-0.2, -0.15) is 11.8 Å². The summed E-state index contributed by atoms with van der Waals surface area (Å²) in [5.74, 6) is 1.74. The van der Waals surface area contributed by atoms with Crippen LogP contribution in [0.5, 0.6) is 0 Å². The summed E-state index contributed by atoms with van der Waals surface area (Å²) in [5, 5.41) is 18.3. The van der Waals surface area contributed by atoms with Crippen LogP contribution in [-0.4, -0.2) is 65.2 Å². The van der Waals surface area contributed by atoms with Crippen LogP contribution in [0.3, 0.4) is 0 Å². The number of unbranched alkanes of at least 4 members (excludes halogenated alkanes) is 23. The topological polar surface area (TPSA) is 105 Å². The van der Waals surface area contributed by atoms with Crippen LogP contribution >= 0.6 is 19.6 Å². The molecule has 3 unspecified atom stereocenters. The van der Waals surface area contributed by atoms with Gasteiger partial charge in [0.05, 0.1) is 25.9 Å². The lowest BCUT2D eigenvalue weighted by molar-refractivity contribution is 0.00809. The van der Waals surface area contributed by atoms with Crippen molar-refractivity contribution in [2.45, 2.75) is 193 Å². The van der Waals surface area contributed by atoms with E-state index in [-0.39, 0.29) is 12.7 Å². The minimum absolute atomic E-state index is 0.0408. The third-order valence-corrected chi connectivity index (χ3v) is 10.7. The molecule has 0 saturated carbocycles. The number of aliphatic hydroxyl groups is 2. The summed E-state index contributed by atoms with van der Waals surface area (Å²) in [5.41, 5.74) is 0. The Balaban J connectivity index is 4.06. The molecule has 47 heavy (non-hydrogen) atoms. The second-order valence-electron chi connectivity index (χ2n) is 13.3. The molecule has 0 aromatic heterocycles. The number of hydrogen-bond donors (Lipinski definition) is 3. The fourth-order valence-electron chi connectivity index (χ4n) is 5.45. The average molecular weight is 709 g/mol. The van der Waals surface area contributed by atoms with Crippen LogP contribution in [0.4, 0.5) is 0 Å². The molecule has 7 nitrogen and oxygen atoms in total. The van der Waals surface area contributed by atoms with E-state index in [9.17, 15) is 14.6 Å². The van der Waals surface area contributed by atoms with Gasteiger partial charge in [-0.15, -0.1) is 0 Å². The van der Waals surface area contributed by atoms with Crippen LogP contribution < -0.4 is 0 Å². The van der Waals surface area contributed by atoms with Crippen molar-refractivity contribution in [2.75, 3.05) is 37.9 Å². The summed E-state index contributed by atoms with van der Waals surface area (Å²) >= 11 is 1.81. The zero-order chi connectivity index (χ0) is 34.5. The van der Waals surface area contributed by atoms with Crippen molar-refractivity contribution in [1.82, 2.24) is 0 Å². The molecular formula is C38H77O7PS. The summed E-state index contributed by atoms with van der Waals surface area (Å²) in [7, 11) is -4.33. The maximum absolute atomic E-state index is 12.2. The highest BCUT2D eigenvalue weighted by molar-refractivity contribution is 7.99. The van der Waals surface area contributed by atoms with Crippen molar-refractivity contribution in [2.24, 2.45) is 0 Å². The molecule has 0 saturated heterocycles. The van der Waals surface area contributed by atoms with Gasteiger partial charge in [0.2, 0.25) is 0 Å². The molecule has 0 fully saturated rings. The number of hydrogen-bond acceptors (Lipinski definition) is 7. The standard InChI is InChI=1S/C38H77O7PS/c1-3-5-7-9-11-13-15-17-19-21-23-25-27-29-31-43-38(35-45-46(41,42)44-34-37(40)33-39)36-47-32-30-28-26-24-22-20-18-16-14-12-10-8-6-4-2/h13,15,37-40H,3-12,14,16-36H2,1-2H3,(H,41,42)/b15-13+. The normalized spacial score (nSPS) is 14.6. The number of rotatable bonds is 39. The third kappa shape index (κ3) is 37.2. The van der Waals surface area contributed by atoms with Crippen molar-refractivity contribution < 1.29 is 33.5 Å². The SMILES string of the molecule is CCCCCC/C=C/CCCCCCCCOC(COP(=O)(O)OCC(O)CO)CSCCCCCCCCCCCCCCCC. The highest BCUT2D eigenvalue weighted by Crippen LogP contribution is 2.43. The molecule has 0 heterocycles. The summed E-state index contributed by atoms with van der Waals surface area (Å²) in [6.07, 6.45) is 36.9. The first-order valence-corrected chi connectivity index (χ1v) is 22.3. The molecule has 0 amide bonds. The fraction of sp³-hybridized carbons (Fsp3) is 0.947. The molecule has 9 heteroatoms. The van der Waals surface area contributed by atoms with Gasteiger partial charge in [0.1, 0.15) is 6.10 Å². The van der Waals surface area contributed by atoms with E-state index in [1.54, 1.807) is 0 Å². The molecule has 0 radical (unpaired) electrons. The van der Waals surface area contributed by atoms with E-state index in [1.165, 1.54) is 154 Å². The molecule has 0 aliphatic heterocycles. The minimum atomic E-state index is -4.33. The summed E-state index contributed by atoms with van der Waals surface area (Å²) in [6, 6.07) is 0. The van der Waals surface area contributed by atoms with Crippen LogP contribution in [-0.2, 0) is 18.3 Å². The maximum atomic E-state index is 12.2. The molecule has 0 bridgehead atoms. The van der Waals surface area contributed by atoms with Gasteiger partial charge in [-0.05, 0) is 44.3 Å². The Labute approximate surface area is 295 Å². The van der Waals surface area contributed by atoms with Crippen molar-refractivity contribution in [3.63, 3.8) is 0 Å². The lowest BCUT2D eigenvalue weighted by Gasteiger charge is -2.20. The summed E-state index contributed by atoms with van der Waals surface area (Å²) in [4.78, 5) is 9.98. The van der Waals surface area contributed by atoms with Gasteiger partial charge in [-0.1, -0.05) is 154 Å². The van der Waals surface area contributed by atoms with Crippen molar-refractivity contribution in [1.29, 1.82) is 0 Å². The summed E-state index contributed by atoms with van der Waals surface area (Å²) < 4.78 is 28.3. The Bertz CT molecular complexity index is 697. The molecule has 0 rings (SSSR count). The van der Waals surface area contributed by atoms with Crippen LogP contribution in [0.15, 0.2) is 12.2 Å². The quantitative estimate of drug-likeness (QED) is 0.0329. The van der Waals surface area contributed by atoms with E-state index >= 15 is 0 Å². The van der Waals surface area contributed by atoms with Crippen molar-refractivity contribution >= 4 is 19.6 Å². The van der Waals surface area contributed by atoms with Crippen LogP contribution in [0.2, 0.25) is 0 Å². The maximum Gasteiger partial charge on any atom is 0.472 e. The number of phosphoric acid groups is 1. The second-order valence-corrected chi connectivity index (χ2v) is 15.9.